The Morgan fingerprint density at radius 2 is 2.00 bits per heavy atom. The Bertz CT molecular complexity index is 528. The summed E-state index contributed by atoms with van der Waals surface area (Å²) in [5.74, 6) is 0.621. The van der Waals surface area contributed by atoms with Gasteiger partial charge in [-0.3, -0.25) is 9.79 Å². The van der Waals surface area contributed by atoms with Gasteiger partial charge in [-0.25, -0.2) is 12.7 Å². The number of methoxy groups -OCH3 is 1. The Morgan fingerprint density at radius 3 is 2.46 bits per heavy atom. The van der Waals surface area contributed by atoms with E-state index in [2.05, 4.69) is 15.2 Å². The number of rotatable bonds is 7. The number of hydrogen-bond acceptors (Lipinski definition) is 5. The Hall–Kier alpha value is -1.35. The average molecular weight is 362 g/mol. The van der Waals surface area contributed by atoms with Gasteiger partial charge in [0.2, 0.25) is 10.0 Å². The van der Waals surface area contributed by atoms with Crippen LogP contribution in [0.3, 0.4) is 0 Å². The minimum Gasteiger partial charge on any atom is -0.469 e. The lowest BCUT2D eigenvalue weighted by Crippen LogP contribution is -2.47. The summed E-state index contributed by atoms with van der Waals surface area (Å²) in [5.41, 5.74) is 0. The van der Waals surface area contributed by atoms with E-state index in [9.17, 15) is 13.2 Å². The molecule has 1 rings (SSSR count). The summed E-state index contributed by atoms with van der Waals surface area (Å²) in [7, 11) is 0.0102. The maximum atomic E-state index is 11.6. The quantitative estimate of drug-likeness (QED) is 0.299. The van der Waals surface area contributed by atoms with Crippen LogP contribution in [0.15, 0.2) is 4.99 Å². The minimum absolute atomic E-state index is 0.0303. The van der Waals surface area contributed by atoms with Gasteiger partial charge in [0.25, 0.3) is 0 Å². The summed E-state index contributed by atoms with van der Waals surface area (Å²) in [4.78, 5) is 17.9. The van der Waals surface area contributed by atoms with Gasteiger partial charge in [0.05, 0.1) is 19.3 Å². The fourth-order valence-corrected chi connectivity index (χ4v) is 3.77. The fourth-order valence-electron chi connectivity index (χ4n) is 2.84. The summed E-state index contributed by atoms with van der Waals surface area (Å²) in [5, 5.41) is 3.27. The topological polar surface area (TPSA) is 91.3 Å². The molecule has 0 unspecified atom stereocenters. The van der Waals surface area contributed by atoms with E-state index in [1.165, 1.54) is 17.7 Å². The van der Waals surface area contributed by atoms with Gasteiger partial charge in [0.15, 0.2) is 5.96 Å². The molecule has 1 N–H and O–H groups in total. The van der Waals surface area contributed by atoms with Crippen LogP contribution in [0.5, 0.6) is 0 Å². The van der Waals surface area contributed by atoms with Crippen LogP contribution in [0.4, 0.5) is 0 Å². The van der Waals surface area contributed by atoms with E-state index in [4.69, 9.17) is 4.74 Å². The molecule has 0 radical (unpaired) electrons. The van der Waals surface area contributed by atoms with E-state index in [0.717, 1.165) is 31.9 Å². The van der Waals surface area contributed by atoms with Crippen molar-refractivity contribution in [1.29, 1.82) is 0 Å². The second-order valence-corrected chi connectivity index (χ2v) is 7.85. The molecule has 0 spiro atoms. The summed E-state index contributed by atoms with van der Waals surface area (Å²) >= 11 is 0. The van der Waals surface area contributed by atoms with Crippen LogP contribution in [0.2, 0.25) is 0 Å². The van der Waals surface area contributed by atoms with Crippen LogP contribution < -0.4 is 5.32 Å². The summed E-state index contributed by atoms with van der Waals surface area (Å²) < 4.78 is 29.3. The number of piperidine rings is 1. The van der Waals surface area contributed by atoms with Gasteiger partial charge in [0, 0.05) is 39.8 Å². The van der Waals surface area contributed by atoms with E-state index in [-0.39, 0.29) is 11.9 Å². The molecule has 0 atom stereocenters. The number of ether oxygens (including phenoxy) is 1. The first-order valence-electron chi connectivity index (χ1n) is 8.32. The molecule has 8 nitrogen and oxygen atoms in total. The molecule has 1 aliphatic heterocycles. The van der Waals surface area contributed by atoms with Crippen molar-refractivity contribution < 1.29 is 17.9 Å². The molecule has 0 saturated carbocycles. The highest BCUT2D eigenvalue weighted by Gasteiger charge is 2.26. The van der Waals surface area contributed by atoms with E-state index < -0.39 is 10.0 Å². The lowest BCUT2D eigenvalue weighted by Gasteiger charge is -2.33. The highest BCUT2D eigenvalue weighted by atomic mass is 32.2. The van der Waals surface area contributed by atoms with E-state index >= 15 is 0 Å². The molecule has 0 amide bonds. The van der Waals surface area contributed by atoms with Crippen LogP contribution >= 0.6 is 0 Å². The van der Waals surface area contributed by atoms with Crippen LogP contribution in [-0.4, -0.2) is 82.7 Å². The SMILES string of the molecule is CCN(CCCNC(=NC)N1CCC(C(=O)OC)CC1)S(C)(=O)=O. The fraction of sp³-hybridized carbons (Fsp3) is 0.867. The lowest BCUT2D eigenvalue weighted by molar-refractivity contribution is -0.146. The second-order valence-electron chi connectivity index (χ2n) is 5.87. The molecule has 140 valence electrons. The molecular weight excluding hydrogens is 332 g/mol. The number of esters is 1. The molecule has 0 aromatic rings. The van der Waals surface area contributed by atoms with Gasteiger partial charge in [0.1, 0.15) is 0 Å². The zero-order valence-electron chi connectivity index (χ0n) is 15.1. The maximum absolute atomic E-state index is 11.6. The number of likely N-dealkylation sites (tertiary alicyclic amines) is 1. The molecule has 0 bridgehead atoms. The number of hydrogen-bond donors (Lipinski definition) is 1. The van der Waals surface area contributed by atoms with Crippen LogP contribution in [0, 0.1) is 5.92 Å². The largest absolute Gasteiger partial charge is 0.469 e. The number of aliphatic imine (C=N–C) groups is 1. The van der Waals surface area contributed by atoms with Crippen molar-refractivity contribution in [2.45, 2.75) is 26.2 Å². The van der Waals surface area contributed by atoms with Crippen molar-refractivity contribution in [3.63, 3.8) is 0 Å². The van der Waals surface area contributed by atoms with Crippen molar-refractivity contribution >= 4 is 22.0 Å². The van der Waals surface area contributed by atoms with Crippen molar-refractivity contribution in [2.24, 2.45) is 10.9 Å². The number of guanidine groups is 1. The first-order chi connectivity index (χ1) is 11.3. The van der Waals surface area contributed by atoms with Crippen LogP contribution in [0.1, 0.15) is 26.2 Å². The number of carbonyl (C=O) groups excluding carboxylic acids is 1. The summed E-state index contributed by atoms with van der Waals surface area (Å²) in [6, 6.07) is 0. The molecular formula is C15H30N4O4S. The van der Waals surface area contributed by atoms with Crippen molar-refractivity contribution in [2.75, 3.05) is 53.1 Å². The van der Waals surface area contributed by atoms with Gasteiger partial charge in [-0.05, 0) is 19.3 Å². The molecule has 1 saturated heterocycles. The number of carbonyl (C=O) groups is 1. The van der Waals surface area contributed by atoms with Crippen molar-refractivity contribution in [1.82, 2.24) is 14.5 Å². The summed E-state index contributed by atoms with van der Waals surface area (Å²) in [6.45, 7) is 4.96. The van der Waals surface area contributed by atoms with Crippen LogP contribution in [0.25, 0.3) is 0 Å². The third-order valence-electron chi connectivity index (χ3n) is 4.23. The van der Waals surface area contributed by atoms with Crippen molar-refractivity contribution in [3.8, 4) is 0 Å². The number of nitrogens with one attached hydrogen (secondary N) is 1. The Labute approximate surface area is 145 Å². The van der Waals surface area contributed by atoms with Gasteiger partial charge in [-0.15, -0.1) is 0 Å². The zero-order chi connectivity index (χ0) is 18.2. The Kier molecular flexibility index (Phi) is 8.47. The standard InChI is InChI=1S/C15H30N4O4S/c1-5-19(24(4,21)22)10-6-9-17-15(16-2)18-11-7-13(8-12-18)14(20)23-3/h13H,5-12H2,1-4H3,(H,16,17). The Morgan fingerprint density at radius 1 is 1.38 bits per heavy atom. The molecule has 1 fully saturated rings. The normalized spacial score (nSPS) is 17.2. The van der Waals surface area contributed by atoms with E-state index in [1.54, 1.807) is 7.05 Å². The molecule has 24 heavy (non-hydrogen) atoms. The second kappa shape index (κ2) is 9.83. The highest BCUT2D eigenvalue weighted by Crippen LogP contribution is 2.18. The molecule has 1 aliphatic rings. The first-order valence-corrected chi connectivity index (χ1v) is 10.2. The minimum atomic E-state index is -3.14. The van der Waals surface area contributed by atoms with Crippen LogP contribution in [-0.2, 0) is 19.6 Å². The van der Waals surface area contributed by atoms with Gasteiger partial charge >= 0.3 is 5.97 Å². The summed E-state index contributed by atoms with van der Waals surface area (Å²) in [6.07, 6.45) is 3.45. The third-order valence-corrected chi connectivity index (χ3v) is 5.61. The third kappa shape index (κ3) is 6.27. The number of nitrogens with zero attached hydrogens (tertiary/aromatic N) is 3. The first kappa shape index (κ1) is 20.7. The van der Waals surface area contributed by atoms with Gasteiger partial charge in [-0.2, -0.15) is 0 Å². The Balaban J connectivity index is 2.38. The zero-order valence-corrected chi connectivity index (χ0v) is 15.9. The van der Waals surface area contributed by atoms with Gasteiger partial charge < -0.3 is 15.0 Å². The average Bonchev–Trinajstić information content (AvgIpc) is 2.56. The smallest absolute Gasteiger partial charge is 0.308 e. The predicted octanol–water partition coefficient (Wildman–Crippen LogP) is 0.118. The molecule has 9 heteroatoms. The molecule has 1 heterocycles. The highest BCUT2D eigenvalue weighted by molar-refractivity contribution is 7.88. The molecule has 0 aliphatic carbocycles. The van der Waals surface area contributed by atoms with E-state index in [1.807, 2.05) is 6.92 Å². The monoisotopic (exact) mass is 362 g/mol. The van der Waals surface area contributed by atoms with E-state index in [0.29, 0.717) is 26.1 Å². The van der Waals surface area contributed by atoms with Gasteiger partial charge in [-0.1, -0.05) is 6.92 Å². The molecule has 0 aromatic carbocycles. The van der Waals surface area contributed by atoms with Crippen molar-refractivity contribution in [3.05, 3.63) is 0 Å². The molecule has 0 aromatic heterocycles. The maximum Gasteiger partial charge on any atom is 0.308 e. The number of sulfonamides is 1. The predicted molar refractivity (Wildman–Crippen MR) is 94.4 cm³/mol. The lowest BCUT2D eigenvalue weighted by atomic mass is 9.97.